The quantitative estimate of drug-likeness (QED) is 0.716. The molecule has 0 radical (unpaired) electrons. The molecule has 2 heterocycles. The summed E-state index contributed by atoms with van der Waals surface area (Å²) in [6, 6.07) is 0.503. The Bertz CT molecular complexity index is 290. The molecular formula is C13H25N3O2. The van der Waals surface area contributed by atoms with E-state index in [-0.39, 0.29) is 11.3 Å². The van der Waals surface area contributed by atoms with Crippen LogP contribution >= 0.6 is 0 Å². The Morgan fingerprint density at radius 2 is 2.44 bits per heavy atom. The van der Waals surface area contributed by atoms with Crippen molar-refractivity contribution in [1.29, 1.82) is 0 Å². The van der Waals surface area contributed by atoms with Gasteiger partial charge in [0.15, 0.2) is 0 Å². The Morgan fingerprint density at radius 1 is 1.61 bits per heavy atom. The second kappa shape index (κ2) is 5.99. The number of carbonyl (C=O) groups excluding carboxylic acids is 1. The van der Waals surface area contributed by atoms with E-state index in [1.54, 1.807) is 7.11 Å². The van der Waals surface area contributed by atoms with Crippen LogP contribution in [0, 0.1) is 5.41 Å². The summed E-state index contributed by atoms with van der Waals surface area (Å²) >= 11 is 0. The number of amides is 1. The third kappa shape index (κ3) is 2.84. The Balaban J connectivity index is 1.85. The molecule has 2 unspecified atom stereocenters. The second-order valence-corrected chi connectivity index (χ2v) is 5.63. The van der Waals surface area contributed by atoms with Gasteiger partial charge in [-0.3, -0.25) is 4.79 Å². The highest BCUT2D eigenvalue weighted by Crippen LogP contribution is 2.26. The normalized spacial score (nSPS) is 32.9. The van der Waals surface area contributed by atoms with E-state index in [1.165, 1.54) is 12.8 Å². The van der Waals surface area contributed by atoms with Crippen LogP contribution in [0.3, 0.4) is 0 Å². The first-order valence-corrected chi connectivity index (χ1v) is 6.86. The van der Waals surface area contributed by atoms with Crippen LogP contribution in [0.2, 0.25) is 0 Å². The Kier molecular flexibility index (Phi) is 4.59. The number of likely N-dealkylation sites (tertiary alicyclic amines) is 1. The molecule has 2 N–H and O–H groups in total. The molecule has 2 rings (SSSR count). The molecule has 0 bridgehead atoms. The average Bonchev–Trinajstić information content (AvgIpc) is 2.97. The summed E-state index contributed by atoms with van der Waals surface area (Å²) in [6.45, 7) is 4.05. The van der Waals surface area contributed by atoms with E-state index in [0.717, 1.165) is 32.6 Å². The SMILES string of the molecule is COCC1(C(=O)NCC2CCCN2C)CCNC1. The fourth-order valence-electron chi connectivity index (χ4n) is 3.04. The van der Waals surface area contributed by atoms with Gasteiger partial charge in [0.2, 0.25) is 5.91 Å². The van der Waals surface area contributed by atoms with Gasteiger partial charge in [-0.1, -0.05) is 0 Å². The van der Waals surface area contributed by atoms with Gasteiger partial charge in [0.25, 0.3) is 0 Å². The van der Waals surface area contributed by atoms with Crippen molar-refractivity contribution in [2.45, 2.75) is 25.3 Å². The Morgan fingerprint density at radius 3 is 3.00 bits per heavy atom. The highest BCUT2D eigenvalue weighted by atomic mass is 16.5. The standard InChI is InChI=1S/C13H25N3O2/c1-16-7-3-4-11(16)8-15-12(17)13(10-18-2)5-6-14-9-13/h11,14H,3-10H2,1-2H3,(H,15,17). The van der Waals surface area contributed by atoms with E-state index in [9.17, 15) is 4.79 Å². The highest BCUT2D eigenvalue weighted by Gasteiger charge is 2.41. The zero-order valence-corrected chi connectivity index (χ0v) is 11.5. The number of likely N-dealkylation sites (N-methyl/N-ethyl adjacent to an activating group) is 1. The van der Waals surface area contributed by atoms with Gasteiger partial charge in [-0.15, -0.1) is 0 Å². The molecular weight excluding hydrogens is 230 g/mol. The number of ether oxygens (including phenoxy) is 1. The molecule has 0 aromatic rings. The number of rotatable bonds is 5. The van der Waals surface area contributed by atoms with E-state index in [0.29, 0.717) is 12.6 Å². The van der Waals surface area contributed by atoms with Gasteiger partial charge in [-0.05, 0) is 39.4 Å². The van der Waals surface area contributed by atoms with Gasteiger partial charge in [0.1, 0.15) is 0 Å². The van der Waals surface area contributed by atoms with Crippen LogP contribution in [0.5, 0.6) is 0 Å². The Hall–Kier alpha value is -0.650. The summed E-state index contributed by atoms with van der Waals surface area (Å²) in [7, 11) is 3.80. The number of hydrogen-bond acceptors (Lipinski definition) is 4. The first kappa shape index (κ1) is 13.8. The first-order valence-electron chi connectivity index (χ1n) is 6.86. The maximum absolute atomic E-state index is 12.4. The second-order valence-electron chi connectivity index (χ2n) is 5.63. The number of methoxy groups -OCH3 is 1. The molecule has 0 saturated carbocycles. The third-order valence-corrected chi connectivity index (χ3v) is 4.32. The summed E-state index contributed by atoms with van der Waals surface area (Å²) < 4.78 is 5.23. The lowest BCUT2D eigenvalue weighted by Crippen LogP contribution is -2.48. The number of hydrogen-bond donors (Lipinski definition) is 2. The molecule has 1 amide bonds. The van der Waals surface area contributed by atoms with Crippen LogP contribution in [0.25, 0.3) is 0 Å². The molecule has 0 aromatic carbocycles. The van der Waals surface area contributed by atoms with E-state index in [4.69, 9.17) is 4.74 Å². The third-order valence-electron chi connectivity index (χ3n) is 4.32. The largest absolute Gasteiger partial charge is 0.384 e. The molecule has 0 aliphatic carbocycles. The minimum atomic E-state index is -0.355. The molecule has 0 aromatic heterocycles. The maximum atomic E-state index is 12.4. The van der Waals surface area contributed by atoms with E-state index in [2.05, 4.69) is 22.6 Å². The number of nitrogens with one attached hydrogen (secondary N) is 2. The molecule has 2 aliphatic rings. The van der Waals surface area contributed by atoms with E-state index >= 15 is 0 Å². The predicted octanol–water partition coefficient (Wildman–Crippen LogP) is -0.177. The van der Waals surface area contributed by atoms with Crippen molar-refractivity contribution in [3.05, 3.63) is 0 Å². The molecule has 2 saturated heterocycles. The first-order chi connectivity index (χ1) is 8.68. The Labute approximate surface area is 109 Å². The average molecular weight is 255 g/mol. The molecule has 2 aliphatic heterocycles. The fourth-order valence-corrected chi connectivity index (χ4v) is 3.04. The van der Waals surface area contributed by atoms with Crippen LogP contribution in [0.15, 0.2) is 0 Å². The molecule has 2 fully saturated rings. The summed E-state index contributed by atoms with van der Waals surface area (Å²) in [5, 5.41) is 6.39. The molecule has 5 nitrogen and oxygen atoms in total. The monoisotopic (exact) mass is 255 g/mol. The molecule has 5 heteroatoms. The molecule has 104 valence electrons. The van der Waals surface area contributed by atoms with Crippen LogP contribution in [0.4, 0.5) is 0 Å². The van der Waals surface area contributed by atoms with Crippen LogP contribution in [-0.4, -0.2) is 63.8 Å². The lowest BCUT2D eigenvalue weighted by Gasteiger charge is -2.28. The van der Waals surface area contributed by atoms with Crippen molar-refractivity contribution in [3.63, 3.8) is 0 Å². The number of carbonyl (C=O) groups is 1. The van der Waals surface area contributed by atoms with E-state index < -0.39 is 0 Å². The van der Waals surface area contributed by atoms with Crippen LogP contribution < -0.4 is 10.6 Å². The van der Waals surface area contributed by atoms with Crippen molar-refractivity contribution in [1.82, 2.24) is 15.5 Å². The summed E-state index contributed by atoms with van der Waals surface area (Å²) in [6.07, 6.45) is 3.29. The summed E-state index contributed by atoms with van der Waals surface area (Å²) in [5.41, 5.74) is -0.355. The molecule has 2 atom stereocenters. The van der Waals surface area contributed by atoms with Crippen molar-refractivity contribution < 1.29 is 9.53 Å². The summed E-state index contributed by atoms with van der Waals surface area (Å²) in [4.78, 5) is 14.7. The minimum absolute atomic E-state index is 0.148. The van der Waals surface area contributed by atoms with Gasteiger partial charge < -0.3 is 20.3 Å². The van der Waals surface area contributed by atoms with Gasteiger partial charge in [0.05, 0.1) is 12.0 Å². The van der Waals surface area contributed by atoms with Gasteiger partial charge >= 0.3 is 0 Å². The van der Waals surface area contributed by atoms with Crippen molar-refractivity contribution in [3.8, 4) is 0 Å². The lowest BCUT2D eigenvalue weighted by atomic mass is 9.87. The van der Waals surface area contributed by atoms with E-state index in [1.807, 2.05) is 0 Å². The fraction of sp³-hybridized carbons (Fsp3) is 0.923. The van der Waals surface area contributed by atoms with Crippen LogP contribution in [-0.2, 0) is 9.53 Å². The lowest BCUT2D eigenvalue weighted by molar-refractivity contribution is -0.133. The number of nitrogens with zero attached hydrogens (tertiary/aromatic N) is 1. The zero-order valence-electron chi connectivity index (χ0n) is 11.5. The van der Waals surface area contributed by atoms with Crippen molar-refractivity contribution in [2.24, 2.45) is 5.41 Å². The van der Waals surface area contributed by atoms with Gasteiger partial charge in [-0.25, -0.2) is 0 Å². The molecule has 0 spiro atoms. The van der Waals surface area contributed by atoms with Crippen molar-refractivity contribution >= 4 is 5.91 Å². The summed E-state index contributed by atoms with van der Waals surface area (Å²) in [5.74, 6) is 0.148. The minimum Gasteiger partial charge on any atom is -0.384 e. The predicted molar refractivity (Wildman–Crippen MR) is 70.5 cm³/mol. The zero-order chi connectivity index (χ0) is 13.0. The smallest absolute Gasteiger partial charge is 0.229 e. The van der Waals surface area contributed by atoms with Gasteiger partial charge in [-0.2, -0.15) is 0 Å². The molecule has 18 heavy (non-hydrogen) atoms. The topological polar surface area (TPSA) is 53.6 Å². The van der Waals surface area contributed by atoms with Crippen molar-refractivity contribution in [2.75, 3.05) is 46.9 Å². The maximum Gasteiger partial charge on any atom is 0.229 e. The highest BCUT2D eigenvalue weighted by molar-refractivity contribution is 5.83. The van der Waals surface area contributed by atoms with Gasteiger partial charge in [0, 0.05) is 26.2 Å². The van der Waals surface area contributed by atoms with Crippen LogP contribution in [0.1, 0.15) is 19.3 Å².